The summed E-state index contributed by atoms with van der Waals surface area (Å²) >= 11 is 1.80. The molecule has 0 radical (unpaired) electrons. The third-order valence-corrected chi connectivity index (χ3v) is 12.7. The predicted octanol–water partition coefficient (Wildman–Crippen LogP) is 16.3. The number of thioether (sulfide) groups is 1. The highest BCUT2D eigenvalue weighted by Crippen LogP contribution is 2.55. The lowest BCUT2D eigenvalue weighted by molar-refractivity contribution is 0.645. The second-order valence-corrected chi connectivity index (χ2v) is 16.3. The molecule has 294 valence electrons. The third-order valence-electron chi connectivity index (χ3n) is 11.7. The van der Waals surface area contributed by atoms with Crippen molar-refractivity contribution in [3.63, 3.8) is 0 Å². The van der Waals surface area contributed by atoms with Gasteiger partial charge in [-0.25, -0.2) is 0 Å². The van der Waals surface area contributed by atoms with Gasteiger partial charge in [0.05, 0.1) is 0 Å². The Morgan fingerprint density at radius 2 is 1.59 bits per heavy atom. The Labute approximate surface area is 357 Å². The molecule has 1 aliphatic carbocycles. The lowest BCUT2D eigenvalue weighted by atomic mass is 9.70. The predicted molar refractivity (Wildman–Crippen MR) is 260 cm³/mol. The number of benzene rings is 5. The van der Waals surface area contributed by atoms with Gasteiger partial charge in [-0.15, -0.1) is 0 Å². The zero-order chi connectivity index (χ0) is 41.2. The van der Waals surface area contributed by atoms with Crippen LogP contribution in [0.3, 0.4) is 0 Å². The number of anilines is 1. The van der Waals surface area contributed by atoms with Crippen LogP contribution in [0.15, 0.2) is 199 Å². The normalized spacial score (nSPS) is 17.7. The van der Waals surface area contributed by atoms with Crippen molar-refractivity contribution < 1.29 is 0 Å². The monoisotopic (exact) mass is 785 g/mol. The Bertz CT molecular complexity index is 2540. The fraction of sp³-hybridized carbons (Fsp3) is 0.158. The van der Waals surface area contributed by atoms with E-state index in [1.807, 2.05) is 12.2 Å². The summed E-state index contributed by atoms with van der Waals surface area (Å²) in [5.74, 6) is 0. The molecule has 1 heterocycles. The Balaban J connectivity index is 1.30. The number of nitrogens with zero attached hydrogens (tertiary/aromatic N) is 1. The lowest BCUT2D eigenvalue weighted by Gasteiger charge is -2.33. The van der Waals surface area contributed by atoms with E-state index >= 15 is 0 Å². The van der Waals surface area contributed by atoms with Crippen molar-refractivity contribution in [1.82, 2.24) is 0 Å². The minimum absolute atomic E-state index is 0.341. The molecule has 59 heavy (non-hydrogen) atoms. The van der Waals surface area contributed by atoms with Gasteiger partial charge < -0.3 is 4.90 Å². The third kappa shape index (κ3) is 8.70. The Morgan fingerprint density at radius 3 is 2.41 bits per heavy atom. The molecule has 1 unspecified atom stereocenters. The number of fused-ring (bicyclic) bond motifs is 4. The average Bonchev–Trinajstić information content (AvgIpc) is 3.60. The first-order valence-electron chi connectivity index (χ1n) is 20.8. The van der Waals surface area contributed by atoms with Crippen molar-refractivity contribution in [3.8, 4) is 11.1 Å². The molecule has 2 aliphatic rings. The molecule has 0 spiro atoms. The topological polar surface area (TPSA) is 3.24 Å². The highest BCUT2D eigenvalue weighted by molar-refractivity contribution is 8.02. The summed E-state index contributed by atoms with van der Waals surface area (Å²) in [6.07, 6.45) is 28.6. The molecule has 1 aliphatic heterocycles. The van der Waals surface area contributed by atoms with Crippen LogP contribution < -0.4 is 4.90 Å². The van der Waals surface area contributed by atoms with Crippen LogP contribution in [0, 0.1) is 6.92 Å². The molecule has 0 N–H and O–H groups in total. The van der Waals surface area contributed by atoms with Crippen LogP contribution in [-0.4, -0.2) is 0 Å². The van der Waals surface area contributed by atoms with E-state index in [0.29, 0.717) is 0 Å². The van der Waals surface area contributed by atoms with E-state index in [0.717, 1.165) is 54.5 Å². The van der Waals surface area contributed by atoms with Crippen LogP contribution in [0.25, 0.3) is 35.4 Å². The molecule has 1 nitrogen and oxygen atoms in total. The maximum Gasteiger partial charge on any atom is 0.0498 e. The van der Waals surface area contributed by atoms with E-state index in [2.05, 4.69) is 215 Å². The van der Waals surface area contributed by atoms with Gasteiger partial charge in [0.25, 0.3) is 0 Å². The van der Waals surface area contributed by atoms with E-state index in [1.165, 1.54) is 60.7 Å². The number of hydrogen-bond acceptors (Lipinski definition) is 2. The summed E-state index contributed by atoms with van der Waals surface area (Å²) in [6, 6.07) is 40.3. The van der Waals surface area contributed by atoms with E-state index in [9.17, 15) is 0 Å². The first-order chi connectivity index (χ1) is 28.9. The van der Waals surface area contributed by atoms with Gasteiger partial charge in [-0.05, 0) is 144 Å². The SMILES string of the molecule is C=Cc1ccc(C)c(/C=C(\C)C(=C)CC/C=C/N(/C2=C\c3ccccc3S/C=C/CC2)c2ccc3c(c2)C(C/C=C\C=C/C)(c2ccccc2)c2ccccc2-3)c1C=C. The molecule has 5 aromatic rings. The van der Waals surface area contributed by atoms with Crippen LogP contribution in [-0.2, 0) is 5.41 Å². The van der Waals surface area contributed by atoms with Gasteiger partial charge in [-0.1, -0.05) is 183 Å². The molecule has 0 amide bonds. The van der Waals surface area contributed by atoms with Gasteiger partial charge in [0.15, 0.2) is 0 Å². The second-order valence-electron chi connectivity index (χ2n) is 15.3. The molecule has 0 fully saturated rings. The first kappa shape index (κ1) is 41.1. The van der Waals surface area contributed by atoms with Gasteiger partial charge in [-0.2, -0.15) is 0 Å². The Morgan fingerprint density at radius 1 is 0.814 bits per heavy atom. The summed E-state index contributed by atoms with van der Waals surface area (Å²) < 4.78 is 0. The fourth-order valence-corrected chi connectivity index (χ4v) is 9.34. The number of allylic oxidation sites excluding steroid dienone is 9. The molecule has 0 saturated heterocycles. The van der Waals surface area contributed by atoms with Crippen molar-refractivity contribution in [2.45, 2.75) is 63.2 Å². The van der Waals surface area contributed by atoms with E-state index in [-0.39, 0.29) is 5.41 Å². The fourth-order valence-electron chi connectivity index (χ4n) is 8.54. The van der Waals surface area contributed by atoms with Crippen LogP contribution in [0.4, 0.5) is 5.69 Å². The molecule has 7 rings (SSSR count). The van der Waals surface area contributed by atoms with Crippen molar-refractivity contribution >= 4 is 41.8 Å². The summed E-state index contributed by atoms with van der Waals surface area (Å²) in [5.41, 5.74) is 16.9. The van der Waals surface area contributed by atoms with E-state index < -0.39 is 0 Å². The smallest absolute Gasteiger partial charge is 0.0498 e. The number of aryl methyl sites for hydroxylation is 1. The van der Waals surface area contributed by atoms with Crippen LogP contribution in [0.1, 0.15) is 90.5 Å². The van der Waals surface area contributed by atoms with Crippen LogP contribution >= 0.6 is 11.8 Å². The highest BCUT2D eigenvalue weighted by atomic mass is 32.2. The summed E-state index contributed by atoms with van der Waals surface area (Å²) in [7, 11) is 0. The zero-order valence-electron chi connectivity index (χ0n) is 34.8. The van der Waals surface area contributed by atoms with Gasteiger partial charge in [-0.3, -0.25) is 0 Å². The minimum Gasteiger partial charge on any atom is -0.321 e. The molecule has 0 aromatic heterocycles. The largest absolute Gasteiger partial charge is 0.321 e. The van der Waals surface area contributed by atoms with Crippen molar-refractivity contribution in [2.24, 2.45) is 0 Å². The lowest BCUT2D eigenvalue weighted by Crippen LogP contribution is -2.27. The van der Waals surface area contributed by atoms with Crippen molar-refractivity contribution in [2.75, 3.05) is 4.90 Å². The van der Waals surface area contributed by atoms with Crippen LogP contribution in [0.5, 0.6) is 0 Å². The molecular weight excluding hydrogens is 731 g/mol. The molecule has 0 saturated carbocycles. The maximum absolute atomic E-state index is 4.55. The van der Waals surface area contributed by atoms with Gasteiger partial charge in [0.2, 0.25) is 0 Å². The van der Waals surface area contributed by atoms with Gasteiger partial charge in [0, 0.05) is 27.9 Å². The quantitative estimate of drug-likeness (QED) is 0.103. The van der Waals surface area contributed by atoms with Gasteiger partial charge in [0.1, 0.15) is 0 Å². The molecule has 1 atom stereocenters. The van der Waals surface area contributed by atoms with Crippen molar-refractivity contribution in [1.29, 1.82) is 0 Å². The highest BCUT2D eigenvalue weighted by Gasteiger charge is 2.44. The number of hydrogen-bond donors (Lipinski definition) is 0. The standard InChI is InChI=1S/C57H55NS/c1-7-10-11-21-36-57(47-26-13-12-14-27-47)54-30-17-16-29-51(54)52-35-34-49(41-55(52)57)58(48-28-20-23-38-59-56-31-18-15-25-46(56)40-48)37-22-19-24-42(4)44(6)39-53-43(5)32-33-45(8-2)50(53)9-3/h7-18,21-23,25-27,29-35,37-41H,2-4,19-20,24,28,36H2,1,5-6H3/b10-7-,21-11-,37-22+,38-23+,44-39+,48-40-. The molecular formula is C57H55NS. The first-order valence-corrected chi connectivity index (χ1v) is 21.7. The van der Waals surface area contributed by atoms with Gasteiger partial charge >= 0.3 is 0 Å². The number of rotatable bonds is 14. The Hall–Kier alpha value is -6.09. The Kier molecular flexibility index (Phi) is 13.3. The van der Waals surface area contributed by atoms with E-state index in [4.69, 9.17) is 0 Å². The minimum atomic E-state index is -0.341. The molecule has 0 bridgehead atoms. The maximum atomic E-state index is 4.55. The molecule has 2 heteroatoms. The summed E-state index contributed by atoms with van der Waals surface area (Å²) in [5, 5.41) is 2.24. The summed E-state index contributed by atoms with van der Waals surface area (Å²) in [6.45, 7) is 19.1. The molecule has 5 aromatic carbocycles. The van der Waals surface area contributed by atoms with Crippen LogP contribution in [0.2, 0.25) is 0 Å². The van der Waals surface area contributed by atoms with Crippen molar-refractivity contribution in [3.05, 3.63) is 238 Å². The zero-order valence-corrected chi connectivity index (χ0v) is 35.6. The van der Waals surface area contributed by atoms with E-state index in [1.54, 1.807) is 11.8 Å². The summed E-state index contributed by atoms with van der Waals surface area (Å²) in [4.78, 5) is 3.71. The average molecular weight is 786 g/mol. The second kappa shape index (κ2) is 19.1.